The van der Waals surface area contributed by atoms with Crippen LogP contribution in [0.25, 0.3) is 0 Å². The number of aliphatic hydroxyl groups is 1. The van der Waals surface area contributed by atoms with E-state index < -0.39 is 6.10 Å². The van der Waals surface area contributed by atoms with E-state index in [9.17, 15) is 5.11 Å². The summed E-state index contributed by atoms with van der Waals surface area (Å²) in [5, 5.41) is 19.4. The van der Waals surface area contributed by atoms with Gasteiger partial charge in [-0.3, -0.25) is 9.80 Å². The summed E-state index contributed by atoms with van der Waals surface area (Å²) in [5.41, 5.74) is 2.00. The van der Waals surface area contributed by atoms with Crippen LogP contribution in [0, 0.1) is 23.2 Å². The van der Waals surface area contributed by atoms with Crippen molar-refractivity contribution in [2.45, 2.75) is 32.0 Å². The normalized spacial score (nSPS) is 25.4. The second-order valence-electron chi connectivity index (χ2n) is 8.84. The van der Waals surface area contributed by atoms with Crippen LogP contribution in [0.2, 0.25) is 0 Å². The van der Waals surface area contributed by atoms with Gasteiger partial charge in [0.25, 0.3) is 0 Å². The highest BCUT2D eigenvalue weighted by Crippen LogP contribution is 2.33. The first-order valence-corrected chi connectivity index (χ1v) is 10.9. The molecule has 2 aromatic carbocycles. The average Bonchev–Trinajstić information content (AvgIpc) is 2.77. The van der Waals surface area contributed by atoms with Crippen LogP contribution in [-0.4, -0.2) is 59.8 Å². The number of hydrogen-bond donors (Lipinski definition) is 1. The number of β-amino-alcohol motifs (C(OH)–C–C–N with tert-alkyl or cyclic N) is 1. The predicted molar refractivity (Wildman–Crippen MR) is 117 cm³/mol. The molecule has 0 saturated carbocycles. The fourth-order valence-electron chi connectivity index (χ4n) is 4.98. The lowest BCUT2D eigenvalue weighted by atomic mass is 9.79. The highest BCUT2D eigenvalue weighted by atomic mass is 16.5. The van der Waals surface area contributed by atoms with E-state index in [0.717, 1.165) is 26.2 Å². The van der Waals surface area contributed by atoms with E-state index in [1.807, 2.05) is 0 Å². The topological polar surface area (TPSA) is 59.7 Å². The lowest BCUT2D eigenvalue weighted by Crippen LogP contribution is -2.58. The van der Waals surface area contributed by atoms with Crippen LogP contribution in [0.5, 0.6) is 5.75 Å². The monoisotopic (exact) mass is 405 g/mol. The van der Waals surface area contributed by atoms with Gasteiger partial charge in [0.05, 0.1) is 11.6 Å². The first kappa shape index (κ1) is 20.9. The van der Waals surface area contributed by atoms with Crippen molar-refractivity contribution in [2.75, 3.05) is 32.8 Å². The van der Waals surface area contributed by atoms with Crippen molar-refractivity contribution in [2.24, 2.45) is 11.8 Å². The molecular formula is C25H31N3O2. The van der Waals surface area contributed by atoms with Crippen molar-refractivity contribution in [1.82, 2.24) is 9.80 Å². The molecule has 0 aliphatic carbocycles. The molecule has 0 spiro atoms. The van der Waals surface area contributed by atoms with Gasteiger partial charge in [-0.05, 0) is 55.0 Å². The second kappa shape index (κ2) is 9.61. The Morgan fingerprint density at radius 2 is 1.87 bits per heavy atom. The second-order valence-corrected chi connectivity index (χ2v) is 8.84. The fourth-order valence-corrected chi connectivity index (χ4v) is 4.98. The number of rotatable bonds is 7. The van der Waals surface area contributed by atoms with Crippen LogP contribution >= 0.6 is 0 Å². The molecule has 2 fully saturated rings. The summed E-state index contributed by atoms with van der Waals surface area (Å²) in [5.74, 6) is 2.00. The van der Waals surface area contributed by atoms with E-state index in [4.69, 9.17) is 10.00 Å². The van der Waals surface area contributed by atoms with Crippen LogP contribution in [0.3, 0.4) is 0 Å². The zero-order valence-electron chi connectivity index (χ0n) is 17.7. The van der Waals surface area contributed by atoms with E-state index in [-0.39, 0.29) is 6.61 Å². The SMILES string of the molecule is CC1C2CC(CN(Cc3ccccc3)C2)CN1CC(O)COc1ccc(C#N)cc1. The van der Waals surface area contributed by atoms with Gasteiger partial charge < -0.3 is 9.84 Å². The van der Waals surface area contributed by atoms with Crippen LogP contribution in [0.1, 0.15) is 24.5 Å². The van der Waals surface area contributed by atoms with Gasteiger partial charge in [0.2, 0.25) is 0 Å². The first-order chi connectivity index (χ1) is 14.6. The number of likely N-dealkylation sites (tertiary alicyclic amines) is 2. The maximum atomic E-state index is 10.6. The summed E-state index contributed by atoms with van der Waals surface area (Å²) in [4.78, 5) is 5.05. The maximum Gasteiger partial charge on any atom is 0.119 e. The standard InChI is InChI=1S/C25H31N3O2/c1-19-23-11-22(14-27(16-23)13-21-5-3-2-4-6-21)15-28(19)17-24(29)18-30-25-9-7-20(12-26)8-10-25/h2-10,19,22-24,29H,11,13-18H2,1H3. The molecule has 2 aliphatic heterocycles. The van der Waals surface area contributed by atoms with Crippen molar-refractivity contribution in [1.29, 1.82) is 5.26 Å². The Morgan fingerprint density at radius 3 is 2.60 bits per heavy atom. The lowest BCUT2D eigenvalue weighted by molar-refractivity contribution is -0.0341. The van der Waals surface area contributed by atoms with Gasteiger partial charge in [-0.1, -0.05) is 30.3 Å². The van der Waals surface area contributed by atoms with Crippen LogP contribution in [0.4, 0.5) is 0 Å². The maximum absolute atomic E-state index is 10.6. The first-order valence-electron chi connectivity index (χ1n) is 10.9. The van der Waals surface area contributed by atoms with Crippen LogP contribution < -0.4 is 4.74 Å². The Morgan fingerprint density at radius 1 is 1.10 bits per heavy atom. The average molecular weight is 406 g/mol. The number of nitrogens with zero attached hydrogens (tertiary/aromatic N) is 3. The Bertz CT molecular complexity index is 849. The summed E-state index contributed by atoms with van der Waals surface area (Å²) >= 11 is 0. The lowest BCUT2D eigenvalue weighted by Gasteiger charge is -2.50. The third-order valence-corrected chi connectivity index (χ3v) is 6.52. The molecule has 2 aliphatic rings. The predicted octanol–water partition coefficient (Wildman–Crippen LogP) is 3.14. The summed E-state index contributed by atoms with van der Waals surface area (Å²) in [7, 11) is 0. The molecule has 2 aromatic rings. The quantitative estimate of drug-likeness (QED) is 0.767. The largest absolute Gasteiger partial charge is 0.491 e. The van der Waals surface area contributed by atoms with E-state index >= 15 is 0 Å². The molecule has 0 amide bonds. The third-order valence-electron chi connectivity index (χ3n) is 6.52. The third kappa shape index (κ3) is 5.20. The molecular weight excluding hydrogens is 374 g/mol. The van der Waals surface area contributed by atoms with E-state index in [2.05, 4.69) is 53.1 Å². The molecule has 2 saturated heterocycles. The molecule has 2 bridgehead atoms. The molecule has 4 rings (SSSR count). The molecule has 5 heteroatoms. The van der Waals surface area contributed by atoms with E-state index in [1.165, 1.54) is 12.0 Å². The highest BCUT2D eigenvalue weighted by molar-refractivity contribution is 5.34. The van der Waals surface area contributed by atoms with Crippen molar-refractivity contribution in [3.63, 3.8) is 0 Å². The summed E-state index contributed by atoms with van der Waals surface area (Å²) in [6.07, 6.45) is 0.767. The smallest absolute Gasteiger partial charge is 0.119 e. The number of fused-ring (bicyclic) bond motifs is 2. The van der Waals surface area contributed by atoms with Crippen molar-refractivity contribution >= 4 is 0 Å². The molecule has 4 unspecified atom stereocenters. The molecule has 5 nitrogen and oxygen atoms in total. The minimum absolute atomic E-state index is 0.268. The van der Waals surface area contributed by atoms with Gasteiger partial charge in [-0.15, -0.1) is 0 Å². The number of benzene rings is 2. The Balaban J connectivity index is 1.27. The minimum atomic E-state index is -0.526. The van der Waals surface area contributed by atoms with Gasteiger partial charge in [0, 0.05) is 38.8 Å². The molecule has 30 heavy (non-hydrogen) atoms. The minimum Gasteiger partial charge on any atom is -0.491 e. The van der Waals surface area contributed by atoms with Gasteiger partial charge in [-0.2, -0.15) is 5.26 Å². The van der Waals surface area contributed by atoms with Crippen LogP contribution in [0.15, 0.2) is 54.6 Å². The number of nitriles is 1. The van der Waals surface area contributed by atoms with Crippen molar-refractivity contribution in [3.05, 3.63) is 65.7 Å². The number of aliphatic hydroxyl groups excluding tert-OH is 1. The van der Waals surface area contributed by atoms with Crippen LogP contribution in [-0.2, 0) is 6.54 Å². The zero-order chi connectivity index (χ0) is 20.9. The van der Waals surface area contributed by atoms with E-state index in [0.29, 0.717) is 35.7 Å². The summed E-state index contributed by atoms with van der Waals surface area (Å²) in [6.45, 7) is 7.54. The number of piperidine rings is 2. The molecule has 4 atom stereocenters. The van der Waals surface area contributed by atoms with Gasteiger partial charge in [-0.25, -0.2) is 0 Å². The van der Waals surface area contributed by atoms with Crippen molar-refractivity contribution < 1.29 is 9.84 Å². The fraction of sp³-hybridized carbons (Fsp3) is 0.480. The van der Waals surface area contributed by atoms with Crippen molar-refractivity contribution in [3.8, 4) is 11.8 Å². The molecule has 0 aromatic heterocycles. The Kier molecular flexibility index (Phi) is 6.69. The molecule has 1 N–H and O–H groups in total. The van der Waals surface area contributed by atoms with Gasteiger partial charge in [0.1, 0.15) is 18.5 Å². The molecule has 158 valence electrons. The Labute approximate surface area is 179 Å². The molecule has 2 heterocycles. The van der Waals surface area contributed by atoms with E-state index in [1.54, 1.807) is 24.3 Å². The summed E-state index contributed by atoms with van der Waals surface area (Å²) in [6, 6.07) is 20.3. The van der Waals surface area contributed by atoms with Gasteiger partial charge >= 0.3 is 0 Å². The number of ether oxygens (including phenoxy) is 1. The molecule has 0 radical (unpaired) electrons. The summed E-state index contributed by atoms with van der Waals surface area (Å²) < 4.78 is 5.73. The number of hydrogen-bond acceptors (Lipinski definition) is 5. The van der Waals surface area contributed by atoms with Gasteiger partial charge in [0.15, 0.2) is 0 Å². The zero-order valence-corrected chi connectivity index (χ0v) is 17.7. The Hall–Kier alpha value is -2.39. The highest BCUT2D eigenvalue weighted by Gasteiger charge is 2.39.